The van der Waals surface area contributed by atoms with Gasteiger partial charge in [-0.25, -0.2) is 13.2 Å². The van der Waals surface area contributed by atoms with Crippen LogP contribution in [0.5, 0.6) is 0 Å². The fraction of sp³-hybridized carbons (Fsp3) is 0.353. The molecule has 0 unspecified atom stereocenters. The van der Waals surface area contributed by atoms with Crippen molar-refractivity contribution >= 4 is 39.1 Å². The van der Waals surface area contributed by atoms with Gasteiger partial charge < -0.3 is 4.74 Å². The summed E-state index contributed by atoms with van der Waals surface area (Å²) in [5.74, 6) is 0.288. The third-order valence-electron chi connectivity index (χ3n) is 4.07. The minimum absolute atomic E-state index is 0.208. The van der Waals surface area contributed by atoms with Gasteiger partial charge in [0.1, 0.15) is 0 Å². The Balaban J connectivity index is 1.74. The first-order valence-electron chi connectivity index (χ1n) is 7.86. The Morgan fingerprint density at radius 1 is 1.20 bits per heavy atom. The summed E-state index contributed by atoms with van der Waals surface area (Å²) in [4.78, 5) is 13.0. The van der Waals surface area contributed by atoms with Crippen molar-refractivity contribution in [3.8, 4) is 0 Å². The van der Waals surface area contributed by atoms with Crippen molar-refractivity contribution in [2.24, 2.45) is 0 Å². The van der Waals surface area contributed by atoms with Gasteiger partial charge in [0.2, 0.25) is 10.0 Å². The first kappa shape index (κ1) is 18.4. The zero-order valence-electron chi connectivity index (χ0n) is 13.8. The largest absolute Gasteiger partial charge is 0.465 e. The Hall–Kier alpha value is -1.35. The number of thioether (sulfide) groups is 1. The number of thiophene rings is 1. The number of hydrogen-bond donors (Lipinski definition) is 0. The van der Waals surface area contributed by atoms with E-state index in [1.54, 1.807) is 15.6 Å². The number of sulfonamides is 1. The van der Waals surface area contributed by atoms with Gasteiger partial charge in [0.05, 0.1) is 17.6 Å². The minimum Gasteiger partial charge on any atom is -0.465 e. The first-order valence-corrected chi connectivity index (χ1v) is 11.2. The maximum Gasteiger partial charge on any atom is 0.337 e. The predicted molar refractivity (Wildman–Crippen MR) is 101 cm³/mol. The van der Waals surface area contributed by atoms with Gasteiger partial charge in [-0.3, -0.25) is 0 Å². The molecule has 1 aliphatic rings. The van der Waals surface area contributed by atoms with E-state index < -0.39 is 16.0 Å². The van der Waals surface area contributed by atoms with Crippen molar-refractivity contribution in [3.05, 3.63) is 52.2 Å². The molecule has 1 saturated heterocycles. The molecule has 1 fully saturated rings. The number of carbonyl (C=O) groups is 1. The highest BCUT2D eigenvalue weighted by atomic mass is 32.2. The molecule has 25 heavy (non-hydrogen) atoms. The van der Waals surface area contributed by atoms with E-state index in [1.807, 2.05) is 17.8 Å². The molecule has 0 bridgehead atoms. The molecule has 1 aromatic carbocycles. The van der Waals surface area contributed by atoms with Crippen molar-refractivity contribution in [1.82, 2.24) is 4.31 Å². The van der Waals surface area contributed by atoms with Crippen molar-refractivity contribution in [1.29, 1.82) is 0 Å². The molecule has 134 valence electrons. The van der Waals surface area contributed by atoms with E-state index in [9.17, 15) is 13.2 Å². The lowest BCUT2D eigenvalue weighted by Crippen LogP contribution is -2.33. The second-order valence-corrected chi connectivity index (χ2v) is 9.81. The van der Waals surface area contributed by atoms with E-state index in [2.05, 4.69) is 16.2 Å². The molecular formula is C17H19NO4S3. The number of esters is 1. The smallest absolute Gasteiger partial charge is 0.337 e. The molecule has 5 nitrogen and oxygen atoms in total. The molecule has 8 heteroatoms. The molecule has 0 aliphatic carbocycles. The molecule has 3 rings (SSSR count). The van der Waals surface area contributed by atoms with Crippen molar-refractivity contribution in [2.45, 2.75) is 16.6 Å². The van der Waals surface area contributed by atoms with E-state index in [1.165, 1.54) is 36.3 Å². The second kappa shape index (κ2) is 7.90. The summed E-state index contributed by atoms with van der Waals surface area (Å²) in [6.07, 6.45) is 0.796. The van der Waals surface area contributed by atoms with Crippen LogP contribution in [0, 0.1) is 0 Å². The third-order valence-corrected chi connectivity index (χ3v) is 8.43. The zero-order valence-corrected chi connectivity index (χ0v) is 16.2. The number of rotatable bonds is 4. The SMILES string of the molecule is COC(=O)c1ccc(S(=O)(=O)N2CCS[C@@H](c3cccs3)CC2)cc1. The Labute approximate surface area is 156 Å². The van der Waals surface area contributed by atoms with Gasteiger partial charge in [0.15, 0.2) is 0 Å². The fourth-order valence-electron chi connectivity index (χ4n) is 2.72. The maximum atomic E-state index is 12.9. The second-order valence-electron chi connectivity index (χ2n) is 5.58. The fourth-order valence-corrected chi connectivity index (χ4v) is 6.53. The Kier molecular flexibility index (Phi) is 5.83. The van der Waals surface area contributed by atoms with E-state index in [0.717, 1.165) is 12.2 Å². The van der Waals surface area contributed by atoms with Crippen LogP contribution in [0.3, 0.4) is 0 Å². The van der Waals surface area contributed by atoms with Gasteiger partial charge >= 0.3 is 5.97 Å². The molecular weight excluding hydrogens is 378 g/mol. The molecule has 2 heterocycles. The number of ether oxygens (including phenoxy) is 1. The zero-order chi connectivity index (χ0) is 17.9. The number of methoxy groups -OCH3 is 1. The standard InChI is InChI=1S/C17H19NO4S3/c1-22-17(19)13-4-6-14(7-5-13)25(20,21)18-9-8-16(24-12-10-18)15-3-2-11-23-15/h2-7,11,16H,8-10,12H2,1H3/t16-/m1/s1. The van der Waals surface area contributed by atoms with Crippen LogP contribution in [0.1, 0.15) is 26.9 Å². The molecule has 0 saturated carbocycles. The lowest BCUT2D eigenvalue weighted by atomic mass is 10.2. The van der Waals surface area contributed by atoms with E-state index in [4.69, 9.17) is 0 Å². The number of nitrogens with zero attached hydrogens (tertiary/aromatic N) is 1. The van der Waals surface area contributed by atoms with Crippen molar-refractivity contribution in [2.75, 3.05) is 26.0 Å². The summed E-state index contributed by atoms with van der Waals surface area (Å²) in [6, 6.07) is 10.0. The minimum atomic E-state index is -3.56. The van der Waals surface area contributed by atoms with Gasteiger partial charge in [0, 0.05) is 29.0 Å². The summed E-state index contributed by atoms with van der Waals surface area (Å²) in [5, 5.41) is 2.40. The highest BCUT2D eigenvalue weighted by Crippen LogP contribution is 2.37. The number of benzene rings is 1. The summed E-state index contributed by atoms with van der Waals surface area (Å²) < 4.78 is 32.0. The highest BCUT2D eigenvalue weighted by molar-refractivity contribution is 7.99. The monoisotopic (exact) mass is 397 g/mol. The molecule has 0 amide bonds. The molecule has 0 N–H and O–H groups in total. The van der Waals surface area contributed by atoms with Crippen LogP contribution in [0.4, 0.5) is 0 Å². The number of carbonyl (C=O) groups excluding carboxylic acids is 1. The predicted octanol–water partition coefficient (Wildman–Crippen LogP) is 3.40. The van der Waals surface area contributed by atoms with Gasteiger partial charge in [0.25, 0.3) is 0 Å². The highest BCUT2D eigenvalue weighted by Gasteiger charge is 2.28. The summed E-state index contributed by atoms with van der Waals surface area (Å²) in [5.41, 5.74) is 0.339. The Morgan fingerprint density at radius 2 is 1.96 bits per heavy atom. The van der Waals surface area contributed by atoms with Crippen LogP contribution in [-0.4, -0.2) is 44.6 Å². The number of hydrogen-bond acceptors (Lipinski definition) is 6. The summed E-state index contributed by atoms with van der Waals surface area (Å²) in [6.45, 7) is 0.990. The summed E-state index contributed by atoms with van der Waals surface area (Å²) >= 11 is 3.53. The van der Waals surface area contributed by atoms with Gasteiger partial charge in [-0.15, -0.1) is 11.3 Å². The summed E-state index contributed by atoms with van der Waals surface area (Å²) in [7, 11) is -2.26. The Bertz CT molecular complexity index is 816. The average molecular weight is 398 g/mol. The van der Waals surface area contributed by atoms with E-state index in [0.29, 0.717) is 23.9 Å². The lowest BCUT2D eigenvalue weighted by Gasteiger charge is -2.20. The lowest BCUT2D eigenvalue weighted by molar-refractivity contribution is 0.0600. The molecule has 2 aromatic rings. The van der Waals surface area contributed by atoms with Gasteiger partial charge in [-0.2, -0.15) is 16.1 Å². The van der Waals surface area contributed by atoms with Crippen LogP contribution < -0.4 is 0 Å². The first-order chi connectivity index (χ1) is 12.0. The van der Waals surface area contributed by atoms with Crippen molar-refractivity contribution in [3.63, 3.8) is 0 Å². The van der Waals surface area contributed by atoms with E-state index >= 15 is 0 Å². The average Bonchev–Trinajstić information content (AvgIpc) is 3.05. The van der Waals surface area contributed by atoms with Crippen molar-refractivity contribution < 1.29 is 17.9 Å². The van der Waals surface area contributed by atoms with Gasteiger partial charge in [-0.05, 0) is 42.1 Å². The quantitative estimate of drug-likeness (QED) is 0.740. The topological polar surface area (TPSA) is 63.7 Å². The normalized spacial score (nSPS) is 19.3. The van der Waals surface area contributed by atoms with Gasteiger partial charge in [-0.1, -0.05) is 6.07 Å². The Morgan fingerprint density at radius 3 is 2.60 bits per heavy atom. The molecule has 1 aromatic heterocycles. The molecule has 0 radical (unpaired) electrons. The van der Waals surface area contributed by atoms with Crippen LogP contribution in [0.25, 0.3) is 0 Å². The molecule has 1 atom stereocenters. The van der Waals surface area contributed by atoms with Crippen LogP contribution in [-0.2, 0) is 14.8 Å². The third kappa shape index (κ3) is 4.08. The maximum absolute atomic E-state index is 12.9. The molecule has 1 aliphatic heterocycles. The van der Waals surface area contributed by atoms with Crippen LogP contribution in [0.15, 0.2) is 46.7 Å². The van der Waals surface area contributed by atoms with E-state index in [-0.39, 0.29) is 4.90 Å². The van der Waals surface area contributed by atoms with Crippen LogP contribution >= 0.6 is 23.1 Å². The molecule has 0 spiro atoms. The van der Waals surface area contributed by atoms with Crippen LogP contribution in [0.2, 0.25) is 0 Å².